The molecule has 13 heavy (non-hydrogen) atoms. The van der Waals surface area contributed by atoms with Gasteiger partial charge in [0, 0.05) is 5.56 Å². The Morgan fingerprint density at radius 1 is 1.31 bits per heavy atom. The Bertz CT molecular complexity index is 436. The lowest BCUT2D eigenvalue weighted by molar-refractivity contribution is 0.108. The molecule has 0 aliphatic heterocycles. The summed E-state index contributed by atoms with van der Waals surface area (Å²) >= 11 is 3.47. The normalized spacial score (nSPS) is 11.2. The first kappa shape index (κ1) is 10.2. The molecule has 1 N–H and O–H groups in total. The maximum Gasteiger partial charge on any atom is 0.295 e. The van der Waals surface area contributed by atoms with Gasteiger partial charge in [0.2, 0.25) is 5.12 Å². The smallest absolute Gasteiger partial charge is 0.282 e. The number of rotatable bonds is 2. The number of carbonyl (C=O) groups excluding carboxylic acids is 1. The number of thiol groups is 1. The number of benzene rings is 1. The summed E-state index contributed by atoms with van der Waals surface area (Å²) in [5.41, 5.74) is -0.131. The molecule has 0 saturated heterocycles. The summed E-state index contributed by atoms with van der Waals surface area (Å²) < 4.78 is 30.2. The molecular weight excluding hydrogens is 212 g/mol. The third kappa shape index (κ3) is 2.30. The molecule has 0 aliphatic carbocycles. The van der Waals surface area contributed by atoms with Gasteiger partial charge in [-0.1, -0.05) is 12.1 Å². The molecule has 0 heterocycles. The lowest BCUT2D eigenvalue weighted by Crippen LogP contribution is -2.04. The summed E-state index contributed by atoms with van der Waals surface area (Å²) in [6.07, 6.45) is 0. The molecule has 0 atom stereocenters. The van der Waals surface area contributed by atoms with Gasteiger partial charge < -0.3 is 0 Å². The second kappa shape index (κ2) is 3.49. The van der Waals surface area contributed by atoms with Gasteiger partial charge in [0.15, 0.2) is 0 Å². The van der Waals surface area contributed by atoms with E-state index in [1.165, 1.54) is 18.2 Å². The van der Waals surface area contributed by atoms with Crippen molar-refractivity contribution in [2.24, 2.45) is 0 Å². The van der Waals surface area contributed by atoms with Crippen molar-refractivity contribution in [3.63, 3.8) is 0 Å². The Kier molecular flexibility index (Phi) is 2.74. The van der Waals surface area contributed by atoms with E-state index < -0.39 is 20.1 Å². The van der Waals surface area contributed by atoms with Crippen LogP contribution in [0.2, 0.25) is 0 Å². The quantitative estimate of drug-likeness (QED) is 0.574. The molecule has 0 bridgehead atoms. The monoisotopic (exact) mass is 218 g/mol. The van der Waals surface area contributed by atoms with Gasteiger partial charge in [0.1, 0.15) is 4.90 Å². The van der Waals surface area contributed by atoms with Crippen LogP contribution in [0, 0.1) is 0 Å². The first-order valence-corrected chi connectivity index (χ1v) is 5.11. The first-order valence-electron chi connectivity index (χ1n) is 3.23. The molecule has 1 aromatic rings. The van der Waals surface area contributed by atoms with Crippen LogP contribution in [0.25, 0.3) is 0 Å². The number of hydrogen-bond donors (Lipinski definition) is 2. The van der Waals surface area contributed by atoms with E-state index in [2.05, 4.69) is 12.6 Å². The van der Waals surface area contributed by atoms with E-state index in [0.29, 0.717) is 0 Å². The van der Waals surface area contributed by atoms with E-state index in [4.69, 9.17) is 4.55 Å². The van der Waals surface area contributed by atoms with Gasteiger partial charge in [-0.3, -0.25) is 9.35 Å². The van der Waals surface area contributed by atoms with Gasteiger partial charge in [-0.2, -0.15) is 8.42 Å². The number of carbonyl (C=O) groups is 1. The predicted molar refractivity (Wildman–Crippen MR) is 49.6 cm³/mol. The Labute approximate surface area is 80.7 Å². The zero-order valence-electron chi connectivity index (χ0n) is 6.34. The van der Waals surface area contributed by atoms with E-state index in [1.54, 1.807) is 0 Å². The molecular formula is C7H6O4S2. The average Bonchev–Trinajstić information content (AvgIpc) is 2.03. The summed E-state index contributed by atoms with van der Waals surface area (Å²) in [4.78, 5) is 10.4. The molecule has 6 heteroatoms. The highest BCUT2D eigenvalue weighted by Gasteiger charge is 2.17. The van der Waals surface area contributed by atoms with E-state index >= 15 is 0 Å². The summed E-state index contributed by atoms with van der Waals surface area (Å²) in [6.45, 7) is 0. The van der Waals surface area contributed by atoms with Crippen molar-refractivity contribution in [2.75, 3.05) is 0 Å². The van der Waals surface area contributed by atoms with Crippen LogP contribution >= 0.6 is 12.6 Å². The summed E-state index contributed by atoms with van der Waals surface area (Å²) in [7, 11) is -4.35. The molecule has 0 saturated carbocycles. The van der Waals surface area contributed by atoms with Crippen molar-refractivity contribution >= 4 is 27.9 Å². The Morgan fingerprint density at radius 2 is 1.85 bits per heavy atom. The molecule has 1 aromatic carbocycles. The Morgan fingerprint density at radius 3 is 2.23 bits per heavy atom. The second-order valence-electron chi connectivity index (χ2n) is 2.28. The minimum absolute atomic E-state index is 0.131. The molecule has 4 nitrogen and oxygen atoms in total. The molecule has 0 aliphatic rings. The highest BCUT2D eigenvalue weighted by atomic mass is 32.2. The molecule has 0 unspecified atom stereocenters. The third-order valence-electron chi connectivity index (χ3n) is 1.40. The zero-order valence-corrected chi connectivity index (χ0v) is 8.05. The van der Waals surface area contributed by atoms with Gasteiger partial charge in [0.25, 0.3) is 10.1 Å². The fraction of sp³-hybridized carbons (Fsp3) is 0. The van der Waals surface area contributed by atoms with E-state index in [-0.39, 0.29) is 5.56 Å². The van der Waals surface area contributed by atoms with Crippen LogP contribution in [0.1, 0.15) is 10.4 Å². The fourth-order valence-electron chi connectivity index (χ4n) is 0.868. The zero-order chi connectivity index (χ0) is 10.1. The highest BCUT2D eigenvalue weighted by Crippen LogP contribution is 2.16. The van der Waals surface area contributed by atoms with Crippen LogP contribution < -0.4 is 0 Å². The SMILES string of the molecule is O=C(S)c1ccccc1S(=O)(=O)O. The first-order chi connectivity index (χ1) is 5.93. The highest BCUT2D eigenvalue weighted by molar-refractivity contribution is 7.97. The molecule has 0 amide bonds. The minimum atomic E-state index is -4.35. The lowest BCUT2D eigenvalue weighted by atomic mass is 10.2. The molecule has 0 spiro atoms. The van der Waals surface area contributed by atoms with Gasteiger partial charge in [-0.05, 0) is 12.1 Å². The fourth-order valence-corrected chi connectivity index (χ4v) is 1.83. The maximum absolute atomic E-state index is 10.8. The van der Waals surface area contributed by atoms with Crippen LogP contribution in [0.15, 0.2) is 29.2 Å². The van der Waals surface area contributed by atoms with Gasteiger partial charge in [-0.15, -0.1) is 12.6 Å². The van der Waals surface area contributed by atoms with E-state index in [9.17, 15) is 13.2 Å². The van der Waals surface area contributed by atoms with E-state index in [0.717, 1.165) is 6.07 Å². The van der Waals surface area contributed by atoms with Crippen LogP contribution in [-0.2, 0) is 10.1 Å². The molecule has 1 rings (SSSR count). The van der Waals surface area contributed by atoms with Crippen LogP contribution in [0.4, 0.5) is 0 Å². The van der Waals surface area contributed by atoms with Gasteiger partial charge >= 0.3 is 0 Å². The van der Waals surface area contributed by atoms with Gasteiger partial charge in [0.05, 0.1) is 0 Å². The standard InChI is InChI=1S/C7H6O4S2/c8-7(12)5-3-1-2-4-6(5)13(9,10)11/h1-4H,(H,8,12)(H,9,10,11). The predicted octanol–water partition coefficient (Wildman–Crippen LogP) is 1.00. The maximum atomic E-state index is 10.8. The Hall–Kier alpha value is -0.850. The van der Waals surface area contributed by atoms with E-state index in [1.807, 2.05) is 0 Å². The molecule has 70 valence electrons. The average molecular weight is 218 g/mol. The molecule has 0 radical (unpaired) electrons. The Balaban J connectivity index is 3.46. The van der Waals surface area contributed by atoms with Crippen molar-refractivity contribution in [3.05, 3.63) is 29.8 Å². The van der Waals surface area contributed by atoms with Crippen molar-refractivity contribution in [3.8, 4) is 0 Å². The lowest BCUT2D eigenvalue weighted by Gasteiger charge is -2.01. The minimum Gasteiger partial charge on any atom is -0.282 e. The number of hydrogen-bond acceptors (Lipinski definition) is 3. The molecule has 0 fully saturated rings. The largest absolute Gasteiger partial charge is 0.295 e. The van der Waals surface area contributed by atoms with Crippen molar-refractivity contribution < 1.29 is 17.8 Å². The third-order valence-corrected chi connectivity index (χ3v) is 2.55. The summed E-state index contributed by atoms with van der Waals surface area (Å²) in [6, 6.07) is 5.30. The van der Waals surface area contributed by atoms with Crippen molar-refractivity contribution in [1.82, 2.24) is 0 Å². The van der Waals surface area contributed by atoms with Crippen molar-refractivity contribution in [2.45, 2.75) is 4.90 Å². The summed E-state index contributed by atoms with van der Waals surface area (Å²) in [5, 5.41) is -0.701. The molecule has 0 aromatic heterocycles. The topological polar surface area (TPSA) is 71.4 Å². The second-order valence-corrected chi connectivity index (χ2v) is 4.07. The van der Waals surface area contributed by atoms with Crippen LogP contribution in [0.5, 0.6) is 0 Å². The summed E-state index contributed by atoms with van der Waals surface area (Å²) in [5.74, 6) is 0. The van der Waals surface area contributed by atoms with Gasteiger partial charge in [-0.25, -0.2) is 0 Å². The van der Waals surface area contributed by atoms with Crippen LogP contribution in [-0.4, -0.2) is 18.1 Å². The van der Waals surface area contributed by atoms with Crippen LogP contribution in [0.3, 0.4) is 0 Å². The van der Waals surface area contributed by atoms with Crippen molar-refractivity contribution in [1.29, 1.82) is 0 Å².